The Balaban J connectivity index is 2.23. The van der Waals surface area contributed by atoms with Crippen molar-refractivity contribution in [3.63, 3.8) is 0 Å². The molecule has 0 unspecified atom stereocenters. The van der Waals surface area contributed by atoms with E-state index < -0.39 is 21.9 Å². The molecule has 0 amide bonds. The molecule has 1 heterocycles. The van der Waals surface area contributed by atoms with Crippen molar-refractivity contribution in [2.24, 2.45) is 5.14 Å². The summed E-state index contributed by atoms with van der Waals surface area (Å²) in [6, 6.07) is 11.6. The number of rotatable bonds is 3. The Kier molecular flexibility index (Phi) is 4.61. The zero-order valence-corrected chi connectivity index (χ0v) is 15.3. The predicted molar refractivity (Wildman–Crippen MR) is 94.8 cm³/mol. The van der Waals surface area contributed by atoms with Gasteiger partial charge >= 0.3 is 6.18 Å². The van der Waals surface area contributed by atoms with E-state index in [0.717, 1.165) is 21.9 Å². The quantitative estimate of drug-likeness (QED) is 0.732. The molecule has 0 atom stereocenters. The van der Waals surface area contributed by atoms with Gasteiger partial charge in [-0.15, -0.1) is 0 Å². The molecule has 0 saturated carbocycles. The van der Waals surface area contributed by atoms with E-state index in [1.54, 1.807) is 13.0 Å². The van der Waals surface area contributed by atoms with Crippen molar-refractivity contribution >= 4 is 10.0 Å². The van der Waals surface area contributed by atoms with E-state index in [2.05, 4.69) is 5.10 Å². The third-order valence-corrected chi connectivity index (χ3v) is 5.01. The van der Waals surface area contributed by atoms with Crippen LogP contribution in [0, 0.1) is 13.8 Å². The highest BCUT2D eigenvalue weighted by molar-refractivity contribution is 7.89. The zero-order valence-electron chi connectivity index (χ0n) is 14.4. The van der Waals surface area contributed by atoms with Crippen LogP contribution in [0.15, 0.2) is 53.4 Å². The van der Waals surface area contributed by atoms with Crippen LogP contribution in [0.2, 0.25) is 0 Å². The van der Waals surface area contributed by atoms with Crippen LogP contribution in [-0.2, 0) is 16.2 Å². The number of benzene rings is 2. The first-order valence-corrected chi connectivity index (χ1v) is 9.39. The molecule has 1 aromatic heterocycles. The van der Waals surface area contributed by atoms with Gasteiger partial charge in [0.2, 0.25) is 10.0 Å². The zero-order chi connectivity index (χ0) is 20.0. The lowest BCUT2D eigenvalue weighted by molar-refractivity contribution is -0.141. The van der Waals surface area contributed by atoms with Crippen LogP contribution in [0.5, 0.6) is 0 Å². The Hall–Kier alpha value is -2.65. The molecule has 2 N–H and O–H groups in total. The first-order chi connectivity index (χ1) is 12.5. The van der Waals surface area contributed by atoms with Crippen LogP contribution >= 0.6 is 0 Å². The summed E-state index contributed by atoms with van der Waals surface area (Å²) in [6.45, 7) is 3.64. The predicted octanol–water partition coefficient (Wildman–Crippen LogP) is 3.82. The Morgan fingerprint density at radius 1 is 1.00 bits per heavy atom. The average Bonchev–Trinajstić information content (AvgIpc) is 3.02. The second-order valence-corrected chi connectivity index (χ2v) is 7.74. The van der Waals surface area contributed by atoms with Gasteiger partial charge in [0.15, 0.2) is 5.69 Å². The fourth-order valence-corrected chi connectivity index (χ4v) is 3.21. The summed E-state index contributed by atoms with van der Waals surface area (Å²) in [6.07, 6.45) is -4.61. The van der Waals surface area contributed by atoms with Gasteiger partial charge in [0.05, 0.1) is 16.3 Å². The SMILES string of the molecule is Cc1ccc(C)c(-c2cc(C(F)(F)F)nn2-c2ccc(S(N)(=O)=O)cc2)c1. The fraction of sp³-hybridized carbons (Fsp3) is 0.167. The summed E-state index contributed by atoms with van der Waals surface area (Å²) in [5.41, 5.74) is 1.79. The lowest BCUT2D eigenvalue weighted by Gasteiger charge is -2.11. The Bertz CT molecular complexity index is 1100. The second-order valence-electron chi connectivity index (χ2n) is 6.18. The Morgan fingerprint density at radius 3 is 2.19 bits per heavy atom. The van der Waals surface area contributed by atoms with Crippen molar-refractivity contribution in [2.75, 3.05) is 0 Å². The fourth-order valence-electron chi connectivity index (χ4n) is 2.70. The van der Waals surface area contributed by atoms with Crippen molar-refractivity contribution in [1.29, 1.82) is 0 Å². The van der Waals surface area contributed by atoms with Gasteiger partial charge in [-0.2, -0.15) is 18.3 Å². The number of hydrogen-bond acceptors (Lipinski definition) is 3. The minimum atomic E-state index is -4.61. The van der Waals surface area contributed by atoms with E-state index in [4.69, 9.17) is 5.14 Å². The van der Waals surface area contributed by atoms with E-state index in [-0.39, 0.29) is 16.3 Å². The number of alkyl halides is 3. The largest absolute Gasteiger partial charge is 0.435 e. The molecule has 27 heavy (non-hydrogen) atoms. The summed E-state index contributed by atoms with van der Waals surface area (Å²) in [4.78, 5) is -0.136. The van der Waals surface area contributed by atoms with Crippen molar-refractivity contribution in [2.45, 2.75) is 24.9 Å². The van der Waals surface area contributed by atoms with Gasteiger partial charge in [-0.05, 0) is 55.8 Å². The molecule has 3 aromatic rings. The molecule has 0 aliphatic carbocycles. The third kappa shape index (κ3) is 3.88. The number of hydrogen-bond donors (Lipinski definition) is 1. The minimum absolute atomic E-state index is 0.136. The third-order valence-electron chi connectivity index (χ3n) is 4.08. The van der Waals surface area contributed by atoms with Crippen LogP contribution in [0.1, 0.15) is 16.8 Å². The molecule has 9 heteroatoms. The summed E-state index contributed by atoms with van der Waals surface area (Å²) < 4.78 is 63.7. The van der Waals surface area contributed by atoms with Gasteiger partial charge in [0, 0.05) is 5.56 Å². The molecule has 0 aliphatic rings. The van der Waals surface area contributed by atoms with E-state index in [1.165, 1.54) is 24.3 Å². The first kappa shape index (κ1) is 19.1. The highest BCUT2D eigenvalue weighted by atomic mass is 32.2. The van der Waals surface area contributed by atoms with Crippen molar-refractivity contribution in [3.05, 3.63) is 65.4 Å². The lowest BCUT2D eigenvalue weighted by atomic mass is 10.0. The smallest absolute Gasteiger partial charge is 0.232 e. The monoisotopic (exact) mass is 395 g/mol. The minimum Gasteiger partial charge on any atom is -0.232 e. The molecule has 0 aliphatic heterocycles. The molecule has 2 aromatic carbocycles. The molecule has 0 spiro atoms. The average molecular weight is 395 g/mol. The number of aryl methyl sites for hydroxylation is 2. The standard InChI is InChI=1S/C18H16F3N3O2S/c1-11-3-4-12(2)15(9-11)16-10-17(18(19,20)21)23-24(16)13-5-7-14(8-6-13)27(22,25)26/h3-10H,1-2H3,(H2,22,25,26). The van der Waals surface area contributed by atoms with Crippen LogP contribution in [0.3, 0.4) is 0 Å². The maximum Gasteiger partial charge on any atom is 0.435 e. The van der Waals surface area contributed by atoms with Gasteiger partial charge in [0.25, 0.3) is 0 Å². The summed E-state index contributed by atoms with van der Waals surface area (Å²) in [5, 5.41) is 8.77. The van der Waals surface area contributed by atoms with Gasteiger partial charge in [-0.3, -0.25) is 0 Å². The maximum absolute atomic E-state index is 13.2. The van der Waals surface area contributed by atoms with E-state index in [0.29, 0.717) is 5.56 Å². The van der Waals surface area contributed by atoms with Crippen molar-refractivity contribution in [3.8, 4) is 16.9 Å². The Labute approximate surface area is 154 Å². The molecule has 5 nitrogen and oxygen atoms in total. The van der Waals surface area contributed by atoms with Gasteiger partial charge in [-0.1, -0.05) is 17.7 Å². The second kappa shape index (κ2) is 6.50. The maximum atomic E-state index is 13.2. The number of nitrogens with zero attached hydrogens (tertiary/aromatic N) is 2. The molecule has 0 bridgehead atoms. The molecule has 142 valence electrons. The van der Waals surface area contributed by atoms with E-state index in [9.17, 15) is 21.6 Å². The number of halogens is 3. The highest BCUT2D eigenvalue weighted by Gasteiger charge is 2.35. The number of sulfonamides is 1. The summed E-state index contributed by atoms with van der Waals surface area (Å²) >= 11 is 0. The molecular formula is C18H16F3N3O2S. The van der Waals surface area contributed by atoms with Gasteiger partial charge < -0.3 is 0 Å². The number of primary sulfonamides is 1. The van der Waals surface area contributed by atoms with E-state index in [1.807, 2.05) is 19.1 Å². The lowest BCUT2D eigenvalue weighted by Crippen LogP contribution is -2.12. The summed E-state index contributed by atoms with van der Waals surface area (Å²) in [7, 11) is -3.90. The van der Waals surface area contributed by atoms with Crippen LogP contribution in [0.4, 0.5) is 13.2 Å². The van der Waals surface area contributed by atoms with Gasteiger partial charge in [-0.25, -0.2) is 18.2 Å². The molecule has 3 rings (SSSR count). The molecular weight excluding hydrogens is 379 g/mol. The first-order valence-electron chi connectivity index (χ1n) is 7.85. The number of aromatic nitrogens is 2. The highest BCUT2D eigenvalue weighted by Crippen LogP contribution is 2.34. The van der Waals surface area contributed by atoms with Crippen molar-refractivity contribution in [1.82, 2.24) is 9.78 Å². The topological polar surface area (TPSA) is 78.0 Å². The van der Waals surface area contributed by atoms with Crippen LogP contribution in [-0.4, -0.2) is 18.2 Å². The molecule has 0 saturated heterocycles. The van der Waals surface area contributed by atoms with Crippen LogP contribution < -0.4 is 5.14 Å². The van der Waals surface area contributed by atoms with Gasteiger partial charge in [0.1, 0.15) is 0 Å². The summed E-state index contributed by atoms with van der Waals surface area (Å²) in [5.74, 6) is 0. The van der Waals surface area contributed by atoms with Crippen molar-refractivity contribution < 1.29 is 21.6 Å². The normalized spacial score (nSPS) is 12.4. The van der Waals surface area contributed by atoms with Crippen LogP contribution in [0.25, 0.3) is 16.9 Å². The molecule has 0 radical (unpaired) electrons. The van der Waals surface area contributed by atoms with E-state index >= 15 is 0 Å². The Morgan fingerprint density at radius 2 is 1.63 bits per heavy atom. The molecule has 0 fully saturated rings. The number of nitrogens with two attached hydrogens (primary N) is 1.